The summed E-state index contributed by atoms with van der Waals surface area (Å²) < 4.78 is 1.92. The SMILES string of the molecule is CC(C)NCc1ncn(Cc2ccc3c(c2)CCC3)n1. The molecule has 4 nitrogen and oxygen atoms in total. The van der Waals surface area contributed by atoms with Crippen molar-refractivity contribution >= 4 is 0 Å². The summed E-state index contributed by atoms with van der Waals surface area (Å²) in [5.74, 6) is 0.861. The molecular formula is C16H22N4. The van der Waals surface area contributed by atoms with Crippen LogP contribution < -0.4 is 5.32 Å². The highest BCUT2D eigenvalue weighted by molar-refractivity contribution is 5.35. The van der Waals surface area contributed by atoms with Gasteiger partial charge < -0.3 is 5.32 Å². The van der Waals surface area contributed by atoms with Gasteiger partial charge in [0.15, 0.2) is 5.82 Å². The van der Waals surface area contributed by atoms with Gasteiger partial charge in [-0.2, -0.15) is 5.10 Å². The van der Waals surface area contributed by atoms with Gasteiger partial charge in [0.2, 0.25) is 0 Å². The van der Waals surface area contributed by atoms with E-state index in [-0.39, 0.29) is 0 Å². The van der Waals surface area contributed by atoms with Crippen molar-refractivity contribution in [1.29, 1.82) is 0 Å². The summed E-state index contributed by atoms with van der Waals surface area (Å²) in [4.78, 5) is 4.35. The number of hydrogen-bond donors (Lipinski definition) is 1. The molecule has 0 saturated carbocycles. The van der Waals surface area contributed by atoms with Crippen LogP contribution in [0.3, 0.4) is 0 Å². The Labute approximate surface area is 120 Å². The molecule has 0 saturated heterocycles. The van der Waals surface area contributed by atoms with Gasteiger partial charge in [-0.1, -0.05) is 32.0 Å². The molecule has 4 heteroatoms. The first kappa shape index (κ1) is 13.3. The number of rotatable bonds is 5. The molecule has 1 aliphatic rings. The lowest BCUT2D eigenvalue weighted by Gasteiger charge is -2.05. The van der Waals surface area contributed by atoms with Gasteiger partial charge in [-0.25, -0.2) is 9.67 Å². The van der Waals surface area contributed by atoms with E-state index in [9.17, 15) is 0 Å². The first-order valence-corrected chi connectivity index (χ1v) is 7.43. The molecule has 1 aliphatic carbocycles. The summed E-state index contributed by atoms with van der Waals surface area (Å²) in [7, 11) is 0. The highest BCUT2D eigenvalue weighted by Crippen LogP contribution is 2.23. The third kappa shape index (κ3) is 3.07. The number of hydrogen-bond acceptors (Lipinski definition) is 3. The van der Waals surface area contributed by atoms with E-state index < -0.39 is 0 Å². The minimum Gasteiger partial charge on any atom is -0.308 e. The van der Waals surface area contributed by atoms with Crippen LogP contribution in [0.25, 0.3) is 0 Å². The van der Waals surface area contributed by atoms with Crippen molar-refractivity contribution in [3.05, 3.63) is 47.0 Å². The molecule has 0 unspecified atom stereocenters. The van der Waals surface area contributed by atoms with E-state index in [0.717, 1.165) is 18.9 Å². The zero-order chi connectivity index (χ0) is 13.9. The first-order valence-electron chi connectivity index (χ1n) is 7.43. The number of nitrogens with one attached hydrogen (secondary N) is 1. The number of nitrogens with zero attached hydrogens (tertiary/aromatic N) is 3. The number of benzene rings is 1. The zero-order valence-electron chi connectivity index (χ0n) is 12.3. The van der Waals surface area contributed by atoms with Crippen molar-refractivity contribution in [2.24, 2.45) is 0 Å². The molecular weight excluding hydrogens is 248 g/mol. The minimum atomic E-state index is 0.457. The molecule has 0 atom stereocenters. The van der Waals surface area contributed by atoms with E-state index in [1.807, 2.05) is 11.0 Å². The van der Waals surface area contributed by atoms with Crippen LogP contribution in [0.4, 0.5) is 0 Å². The van der Waals surface area contributed by atoms with Crippen LogP contribution in [0.2, 0.25) is 0 Å². The van der Waals surface area contributed by atoms with E-state index in [2.05, 4.69) is 47.4 Å². The topological polar surface area (TPSA) is 42.7 Å². The van der Waals surface area contributed by atoms with Crippen LogP contribution in [0.5, 0.6) is 0 Å². The Morgan fingerprint density at radius 3 is 2.95 bits per heavy atom. The van der Waals surface area contributed by atoms with Gasteiger partial charge in [0.05, 0.1) is 13.1 Å². The van der Waals surface area contributed by atoms with E-state index in [4.69, 9.17) is 0 Å². The molecule has 106 valence electrons. The van der Waals surface area contributed by atoms with E-state index in [0.29, 0.717) is 6.04 Å². The second-order valence-electron chi connectivity index (χ2n) is 5.85. The largest absolute Gasteiger partial charge is 0.308 e. The molecule has 20 heavy (non-hydrogen) atoms. The average molecular weight is 270 g/mol. The summed E-state index contributed by atoms with van der Waals surface area (Å²) in [6.45, 7) is 5.79. The molecule has 2 aromatic rings. The number of fused-ring (bicyclic) bond motifs is 1. The minimum absolute atomic E-state index is 0.457. The van der Waals surface area contributed by atoms with Crippen molar-refractivity contribution in [2.45, 2.75) is 52.2 Å². The van der Waals surface area contributed by atoms with Gasteiger partial charge in [0.25, 0.3) is 0 Å². The van der Waals surface area contributed by atoms with Crippen molar-refractivity contribution in [1.82, 2.24) is 20.1 Å². The summed E-state index contributed by atoms with van der Waals surface area (Å²) in [5.41, 5.74) is 4.36. The third-order valence-corrected chi connectivity index (χ3v) is 3.76. The van der Waals surface area contributed by atoms with Gasteiger partial charge >= 0.3 is 0 Å². The second kappa shape index (κ2) is 5.75. The quantitative estimate of drug-likeness (QED) is 0.906. The molecule has 1 heterocycles. The lowest BCUT2D eigenvalue weighted by atomic mass is 10.1. The fraction of sp³-hybridized carbons (Fsp3) is 0.500. The van der Waals surface area contributed by atoms with Crippen molar-refractivity contribution in [3.8, 4) is 0 Å². The molecule has 3 rings (SSSR count). The molecule has 0 bridgehead atoms. The van der Waals surface area contributed by atoms with Crippen molar-refractivity contribution < 1.29 is 0 Å². The van der Waals surface area contributed by atoms with E-state index in [1.165, 1.54) is 36.0 Å². The summed E-state index contributed by atoms with van der Waals surface area (Å²) in [5, 5.41) is 7.85. The Bertz CT molecular complexity index is 586. The smallest absolute Gasteiger partial charge is 0.164 e. The summed E-state index contributed by atoms with van der Waals surface area (Å²) >= 11 is 0. The van der Waals surface area contributed by atoms with Crippen LogP contribution in [-0.4, -0.2) is 20.8 Å². The van der Waals surface area contributed by atoms with Gasteiger partial charge in [0, 0.05) is 6.04 Å². The Balaban J connectivity index is 1.65. The average Bonchev–Trinajstić information content (AvgIpc) is 3.04. The predicted octanol–water partition coefficient (Wildman–Crippen LogP) is 2.31. The normalized spacial score (nSPS) is 13.9. The Morgan fingerprint density at radius 1 is 1.25 bits per heavy atom. The predicted molar refractivity (Wildman–Crippen MR) is 79.6 cm³/mol. The number of aryl methyl sites for hydroxylation is 2. The Morgan fingerprint density at radius 2 is 2.10 bits per heavy atom. The summed E-state index contributed by atoms with van der Waals surface area (Å²) in [6, 6.07) is 7.28. The molecule has 1 aromatic carbocycles. The zero-order valence-corrected chi connectivity index (χ0v) is 12.3. The monoisotopic (exact) mass is 270 g/mol. The lowest BCUT2D eigenvalue weighted by Crippen LogP contribution is -2.22. The van der Waals surface area contributed by atoms with E-state index in [1.54, 1.807) is 0 Å². The second-order valence-corrected chi connectivity index (χ2v) is 5.85. The van der Waals surface area contributed by atoms with Gasteiger partial charge in [0.1, 0.15) is 6.33 Å². The lowest BCUT2D eigenvalue weighted by molar-refractivity contribution is 0.565. The van der Waals surface area contributed by atoms with Crippen LogP contribution in [0, 0.1) is 0 Å². The standard InChI is InChI=1S/C16H22N4/c1-12(2)17-9-16-18-11-20(19-16)10-13-6-7-14-4-3-5-15(14)8-13/h6-8,11-12,17H,3-5,9-10H2,1-2H3. The molecule has 1 aromatic heterocycles. The van der Waals surface area contributed by atoms with Gasteiger partial charge in [-0.05, 0) is 36.0 Å². The van der Waals surface area contributed by atoms with Crippen LogP contribution >= 0.6 is 0 Å². The fourth-order valence-corrected chi connectivity index (χ4v) is 2.70. The van der Waals surface area contributed by atoms with Crippen LogP contribution in [0.15, 0.2) is 24.5 Å². The number of aromatic nitrogens is 3. The van der Waals surface area contributed by atoms with Gasteiger partial charge in [-0.15, -0.1) is 0 Å². The van der Waals surface area contributed by atoms with Crippen LogP contribution in [0.1, 0.15) is 42.8 Å². The molecule has 0 fully saturated rings. The van der Waals surface area contributed by atoms with Gasteiger partial charge in [-0.3, -0.25) is 0 Å². The van der Waals surface area contributed by atoms with E-state index >= 15 is 0 Å². The molecule has 0 radical (unpaired) electrons. The third-order valence-electron chi connectivity index (χ3n) is 3.76. The Kier molecular flexibility index (Phi) is 3.83. The maximum Gasteiger partial charge on any atom is 0.164 e. The summed E-state index contributed by atoms with van der Waals surface area (Å²) in [6.07, 6.45) is 5.59. The fourth-order valence-electron chi connectivity index (χ4n) is 2.70. The molecule has 1 N–H and O–H groups in total. The highest BCUT2D eigenvalue weighted by Gasteiger charge is 2.11. The van der Waals surface area contributed by atoms with Crippen LogP contribution in [-0.2, 0) is 25.9 Å². The first-order chi connectivity index (χ1) is 9.70. The molecule has 0 amide bonds. The Hall–Kier alpha value is -1.68. The van der Waals surface area contributed by atoms with Crippen molar-refractivity contribution in [2.75, 3.05) is 0 Å². The maximum absolute atomic E-state index is 4.51. The molecule has 0 spiro atoms. The van der Waals surface area contributed by atoms with Crippen molar-refractivity contribution in [3.63, 3.8) is 0 Å². The highest BCUT2D eigenvalue weighted by atomic mass is 15.3. The maximum atomic E-state index is 4.51. The molecule has 0 aliphatic heterocycles.